The number of ether oxygens (including phenoxy) is 2. The molecule has 0 spiro atoms. The first kappa shape index (κ1) is 16.1. The summed E-state index contributed by atoms with van der Waals surface area (Å²) in [7, 11) is 2.60. The smallest absolute Gasteiger partial charge is 0.318 e. The molecule has 2 unspecified atom stereocenters. The number of carbonyl (C=O) groups excluding carboxylic acids is 1. The van der Waals surface area contributed by atoms with Gasteiger partial charge in [-0.05, 0) is 29.2 Å². The first-order chi connectivity index (χ1) is 9.49. The van der Waals surface area contributed by atoms with Crippen molar-refractivity contribution in [3.63, 3.8) is 0 Å². The summed E-state index contributed by atoms with van der Waals surface area (Å²) < 4.78 is 9.68. The van der Waals surface area contributed by atoms with E-state index in [0.29, 0.717) is 5.56 Å². The Morgan fingerprint density at radius 1 is 1.25 bits per heavy atom. The van der Waals surface area contributed by atoms with E-state index in [0.717, 1.165) is 16.7 Å². The van der Waals surface area contributed by atoms with E-state index in [1.165, 1.54) is 14.2 Å². The van der Waals surface area contributed by atoms with Gasteiger partial charge in [-0.2, -0.15) is 0 Å². The Bertz CT molecular complexity index is 490. The Balaban J connectivity index is 3.56. The number of esters is 1. The molecule has 0 aromatic heterocycles. The number of hydrogen-bond donors (Lipinski definition) is 1. The lowest BCUT2D eigenvalue weighted by Crippen LogP contribution is -2.30. The zero-order chi connectivity index (χ0) is 15.3. The van der Waals surface area contributed by atoms with Crippen LogP contribution in [0.4, 0.5) is 0 Å². The highest BCUT2D eigenvalue weighted by molar-refractivity contribution is 5.83. The standard InChI is InChI=1S/C16H20O4/c1-6-11-8-10(3)9-12(7-2)13(11)14(15(17)19-4)16(18)20-5/h6-9,14-15,17H,1-2H2,3-5H3. The quantitative estimate of drug-likeness (QED) is 0.640. The van der Waals surface area contributed by atoms with Gasteiger partial charge in [0.15, 0.2) is 6.29 Å². The van der Waals surface area contributed by atoms with Crippen molar-refractivity contribution in [2.24, 2.45) is 0 Å². The van der Waals surface area contributed by atoms with Gasteiger partial charge in [-0.25, -0.2) is 0 Å². The molecule has 1 aromatic carbocycles. The Morgan fingerprint density at radius 2 is 1.75 bits per heavy atom. The van der Waals surface area contributed by atoms with Crippen LogP contribution < -0.4 is 0 Å². The number of rotatable bonds is 6. The summed E-state index contributed by atoms with van der Waals surface area (Å²) in [6.45, 7) is 9.44. The number of aryl methyl sites for hydroxylation is 1. The topological polar surface area (TPSA) is 55.8 Å². The maximum absolute atomic E-state index is 12.0. The van der Waals surface area contributed by atoms with E-state index in [-0.39, 0.29) is 0 Å². The lowest BCUT2D eigenvalue weighted by atomic mass is 9.87. The van der Waals surface area contributed by atoms with Crippen molar-refractivity contribution < 1.29 is 19.4 Å². The highest BCUT2D eigenvalue weighted by atomic mass is 16.6. The fourth-order valence-electron chi connectivity index (χ4n) is 2.19. The molecule has 2 atom stereocenters. The average Bonchev–Trinajstić information content (AvgIpc) is 2.47. The van der Waals surface area contributed by atoms with Crippen LogP contribution in [0.1, 0.15) is 28.2 Å². The van der Waals surface area contributed by atoms with E-state index < -0.39 is 18.2 Å². The van der Waals surface area contributed by atoms with E-state index in [4.69, 9.17) is 9.47 Å². The number of aliphatic hydroxyl groups excluding tert-OH is 1. The molecule has 0 aliphatic rings. The van der Waals surface area contributed by atoms with Crippen molar-refractivity contribution >= 4 is 18.1 Å². The van der Waals surface area contributed by atoms with Crippen LogP contribution in [0.2, 0.25) is 0 Å². The molecule has 0 bridgehead atoms. The zero-order valence-corrected chi connectivity index (χ0v) is 12.1. The van der Waals surface area contributed by atoms with E-state index in [2.05, 4.69) is 13.2 Å². The molecule has 108 valence electrons. The molecule has 0 amide bonds. The van der Waals surface area contributed by atoms with Crippen LogP contribution in [0.5, 0.6) is 0 Å². The monoisotopic (exact) mass is 276 g/mol. The highest BCUT2D eigenvalue weighted by Gasteiger charge is 2.32. The number of methoxy groups -OCH3 is 2. The largest absolute Gasteiger partial charge is 0.468 e. The van der Waals surface area contributed by atoms with Gasteiger partial charge in [-0.1, -0.05) is 37.4 Å². The molecular formula is C16H20O4. The van der Waals surface area contributed by atoms with Gasteiger partial charge in [0.1, 0.15) is 5.92 Å². The van der Waals surface area contributed by atoms with E-state index >= 15 is 0 Å². The van der Waals surface area contributed by atoms with Crippen LogP contribution in [0.15, 0.2) is 25.3 Å². The van der Waals surface area contributed by atoms with Crippen molar-refractivity contribution in [1.29, 1.82) is 0 Å². The molecule has 1 N–H and O–H groups in total. The van der Waals surface area contributed by atoms with Gasteiger partial charge in [0.2, 0.25) is 0 Å². The summed E-state index contributed by atoms with van der Waals surface area (Å²) in [5, 5.41) is 9.99. The van der Waals surface area contributed by atoms with Crippen LogP contribution in [-0.2, 0) is 14.3 Å². The molecule has 1 rings (SSSR count). The average molecular weight is 276 g/mol. The van der Waals surface area contributed by atoms with Crippen molar-refractivity contribution in [2.45, 2.75) is 19.1 Å². The molecule has 0 saturated carbocycles. The number of aliphatic hydroxyl groups is 1. The minimum atomic E-state index is -1.30. The fraction of sp³-hybridized carbons (Fsp3) is 0.312. The normalized spacial score (nSPS) is 13.4. The summed E-state index contributed by atoms with van der Waals surface area (Å²) in [6, 6.07) is 3.77. The molecule has 0 radical (unpaired) electrons. The van der Waals surface area contributed by atoms with Gasteiger partial charge in [0.05, 0.1) is 7.11 Å². The molecule has 0 fully saturated rings. The van der Waals surface area contributed by atoms with Crippen LogP contribution >= 0.6 is 0 Å². The number of benzene rings is 1. The summed E-state index contributed by atoms with van der Waals surface area (Å²) in [4.78, 5) is 12.0. The number of carbonyl (C=O) groups is 1. The van der Waals surface area contributed by atoms with Crippen LogP contribution in [-0.4, -0.2) is 31.6 Å². The Morgan fingerprint density at radius 3 is 2.10 bits per heavy atom. The molecule has 4 nitrogen and oxygen atoms in total. The van der Waals surface area contributed by atoms with E-state index in [1.807, 2.05) is 19.1 Å². The van der Waals surface area contributed by atoms with E-state index in [1.54, 1.807) is 12.2 Å². The second-order valence-electron chi connectivity index (χ2n) is 4.39. The van der Waals surface area contributed by atoms with Crippen molar-refractivity contribution in [3.05, 3.63) is 47.5 Å². The van der Waals surface area contributed by atoms with Gasteiger partial charge < -0.3 is 14.6 Å². The predicted molar refractivity (Wildman–Crippen MR) is 79.1 cm³/mol. The first-order valence-corrected chi connectivity index (χ1v) is 6.18. The molecule has 1 aromatic rings. The maximum Gasteiger partial charge on any atom is 0.318 e. The van der Waals surface area contributed by atoms with E-state index in [9.17, 15) is 9.90 Å². The van der Waals surface area contributed by atoms with Crippen LogP contribution in [0.25, 0.3) is 12.2 Å². The second kappa shape index (κ2) is 7.03. The summed E-state index contributed by atoms with van der Waals surface area (Å²) in [5.41, 5.74) is 3.09. The second-order valence-corrected chi connectivity index (χ2v) is 4.39. The molecule has 0 aliphatic heterocycles. The molecular weight excluding hydrogens is 256 g/mol. The van der Waals surface area contributed by atoms with Crippen molar-refractivity contribution in [3.8, 4) is 0 Å². The lowest BCUT2D eigenvalue weighted by molar-refractivity contribution is -0.157. The maximum atomic E-state index is 12.0. The van der Waals surface area contributed by atoms with Gasteiger partial charge >= 0.3 is 5.97 Å². The van der Waals surface area contributed by atoms with Gasteiger partial charge in [0.25, 0.3) is 0 Å². The summed E-state index contributed by atoms with van der Waals surface area (Å²) in [5.74, 6) is -1.53. The molecule has 0 saturated heterocycles. The first-order valence-electron chi connectivity index (χ1n) is 6.18. The summed E-state index contributed by atoms with van der Waals surface area (Å²) >= 11 is 0. The third kappa shape index (κ3) is 3.15. The third-order valence-corrected chi connectivity index (χ3v) is 3.12. The highest BCUT2D eigenvalue weighted by Crippen LogP contribution is 2.31. The Labute approximate surface area is 119 Å². The van der Waals surface area contributed by atoms with Gasteiger partial charge in [-0.15, -0.1) is 0 Å². The molecule has 0 heterocycles. The van der Waals surface area contributed by atoms with Crippen molar-refractivity contribution in [1.82, 2.24) is 0 Å². The van der Waals surface area contributed by atoms with Gasteiger partial charge in [-0.3, -0.25) is 4.79 Å². The molecule has 4 heteroatoms. The fourth-order valence-corrected chi connectivity index (χ4v) is 2.19. The molecule has 0 aliphatic carbocycles. The Hall–Kier alpha value is -1.91. The SMILES string of the molecule is C=Cc1cc(C)cc(C=C)c1C(C(=O)OC)C(O)OC. The number of hydrogen-bond acceptors (Lipinski definition) is 4. The lowest BCUT2D eigenvalue weighted by Gasteiger charge is -2.24. The van der Waals surface area contributed by atoms with Crippen LogP contribution in [0, 0.1) is 6.92 Å². The predicted octanol–water partition coefficient (Wildman–Crippen LogP) is 2.50. The summed E-state index contributed by atoms with van der Waals surface area (Å²) in [6.07, 6.45) is 1.96. The van der Waals surface area contributed by atoms with Crippen molar-refractivity contribution in [2.75, 3.05) is 14.2 Å². The van der Waals surface area contributed by atoms with Gasteiger partial charge in [0, 0.05) is 7.11 Å². The Kier molecular flexibility index (Phi) is 5.67. The minimum Gasteiger partial charge on any atom is -0.468 e. The zero-order valence-electron chi connectivity index (χ0n) is 12.1. The van der Waals surface area contributed by atoms with Crippen LogP contribution in [0.3, 0.4) is 0 Å². The third-order valence-electron chi connectivity index (χ3n) is 3.12. The minimum absolute atomic E-state index is 0.575. The molecule has 20 heavy (non-hydrogen) atoms.